The van der Waals surface area contributed by atoms with Gasteiger partial charge in [0.1, 0.15) is 5.82 Å². The van der Waals surface area contributed by atoms with Gasteiger partial charge >= 0.3 is 0 Å². The largest absolute Gasteiger partial charge is 0.348 e. The number of hydrogen-bond donors (Lipinski definition) is 3. The maximum absolute atomic E-state index is 13.9. The van der Waals surface area contributed by atoms with E-state index in [-0.39, 0.29) is 42.6 Å². The quantitative estimate of drug-likeness (QED) is 0.236. The molecule has 1 fully saturated rings. The lowest BCUT2D eigenvalue weighted by Gasteiger charge is -2.31. The lowest BCUT2D eigenvalue weighted by Crippen LogP contribution is -2.52. The molecule has 3 N–H and O–H groups in total. The van der Waals surface area contributed by atoms with E-state index in [0.29, 0.717) is 31.1 Å². The van der Waals surface area contributed by atoms with Gasteiger partial charge in [0.15, 0.2) is 0 Å². The summed E-state index contributed by atoms with van der Waals surface area (Å²) >= 11 is 0. The monoisotopic (exact) mass is 567 g/mol. The molecule has 9 heteroatoms. The number of amides is 3. The summed E-state index contributed by atoms with van der Waals surface area (Å²) < 4.78 is 0. The van der Waals surface area contributed by atoms with Crippen LogP contribution in [0.5, 0.6) is 0 Å². The second-order valence-corrected chi connectivity index (χ2v) is 12.3. The van der Waals surface area contributed by atoms with E-state index in [2.05, 4.69) is 20.9 Å². The molecule has 0 aliphatic heterocycles. The molecule has 0 bridgehead atoms. The highest BCUT2D eigenvalue weighted by Crippen LogP contribution is 2.32. The first-order valence-corrected chi connectivity index (χ1v) is 15.3. The molecule has 0 spiro atoms. The van der Waals surface area contributed by atoms with Crippen molar-refractivity contribution in [3.05, 3.63) is 54.1 Å². The summed E-state index contributed by atoms with van der Waals surface area (Å²) in [6, 6.07) is 9.64. The van der Waals surface area contributed by atoms with Gasteiger partial charge in [-0.25, -0.2) is 10.5 Å². The number of carbonyl (C=O) groups is 3. The van der Waals surface area contributed by atoms with Gasteiger partial charge in [0.25, 0.3) is 0 Å². The van der Waals surface area contributed by atoms with Crippen molar-refractivity contribution >= 4 is 17.7 Å². The van der Waals surface area contributed by atoms with Crippen molar-refractivity contribution in [2.75, 3.05) is 6.54 Å². The number of rotatable bonds is 16. The number of imidazole rings is 1. The summed E-state index contributed by atoms with van der Waals surface area (Å²) in [5, 5.41) is 1.39. The first-order chi connectivity index (χ1) is 19.7. The van der Waals surface area contributed by atoms with Crippen molar-refractivity contribution in [3.63, 3.8) is 0 Å². The number of nitrogens with one attached hydrogen (secondary N) is 3. The van der Waals surface area contributed by atoms with Gasteiger partial charge in [-0.2, -0.15) is 0 Å². The first-order valence-electron chi connectivity index (χ1n) is 15.3. The van der Waals surface area contributed by atoms with Crippen LogP contribution < -0.4 is 10.9 Å². The predicted molar refractivity (Wildman–Crippen MR) is 159 cm³/mol. The Kier molecular flexibility index (Phi) is 13.3. The third-order valence-electron chi connectivity index (χ3n) is 7.71. The number of H-pyrrole nitrogens is 1. The SMILES string of the molecule is CC(C)C[C@@H](C(=O)NN(CC(C)C)C(=O)Cc1ncc[nH]1)[C@H](CCCC1CCCC1)C(=O)NOCc1ccccc1. The zero-order valence-electron chi connectivity index (χ0n) is 25.2. The molecule has 1 heterocycles. The van der Waals surface area contributed by atoms with Crippen molar-refractivity contribution in [1.29, 1.82) is 0 Å². The minimum Gasteiger partial charge on any atom is -0.348 e. The highest BCUT2D eigenvalue weighted by molar-refractivity contribution is 5.89. The van der Waals surface area contributed by atoms with E-state index in [1.54, 1.807) is 12.4 Å². The Balaban J connectivity index is 1.74. The number of hydrazine groups is 1. The van der Waals surface area contributed by atoms with Gasteiger partial charge in [0.05, 0.1) is 24.9 Å². The van der Waals surface area contributed by atoms with Crippen LogP contribution in [0.3, 0.4) is 0 Å². The molecule has 0 radical (unpaired) electrons. The molecule has 1 saturated carbocycles. The summed E-state index contributed by atoms with van der Waals surface area (Å²) in [4.78, 5) is 53.4. The zero-order valence-corrected chi connectivity index (χ0v) is 25.2. The van der Waals surface area contributed by atoms with Gasteiger partial charge < -0.3 is 4.98 Å². The highest BCUT2D eigenvalue weighted by atomic mass is 16.6. The van der Waals surface area contributed by atoms with E-state index in [4.69, 9.17) is 4.84 Å². The number of benzene rings is 1. The van der Waals surface area contributed by atoms with Crippen molar-refractivity contribution < 1.29 is 19.2 Å². The fourth-order valence-corrected chi connectivity index (χ4v) is 5.67. The number of hydrogen-bond acceptors (Lipinski definition) is 5. The lowest BCUT2D eigenvalue weighted by atomic mass is 9.80. The molecule has 3 rings (SSSR count). The Labute approximate surface area is 245 Å². The highest BCUT2D eigenvalue weighted by Gasteiger charge is 2.36. The minimum absolute atomic E-state index is 0.0491. The van der Waals surface area contributed by atoms with Crippen LogP contribution in [0.1, 0.15) is 90.4 Å². The molecule has 1 aromatic heterocycles. The Morgan fingerprint density at radius 1 is 1.02 bits per heavy atom. The Morgan fingerprint density at radius 2 is 1.76 bits per heavy atom. The summed E-state index contributed by atoms with van der Waals surface area (Å²) in [6.45, 7) is 8.69. The standard InChI is InChI=1S/C32H49N5O4/c1-23(2)19-28(31(39)35-37(21-24(3)4)30(38)20-29-33-17-18-34-29)27(16-10-15-25-11-8-9-12-25)32(40)36-41-22-26-13-6-5-7-14-26/h5-7,13-14,17-18,23-25,27-28H,8-12,15-16,19-22H2,1-4H3,(H,33,34)(H,35,39)(H,36,40)/t27-,28+/m0/s1. The number of carbonyl (C=O) groups excluding carboxylic acids is 3. The normalized spacial score (nSPS) is 15.2. The fourth-order valence-electron chi connectivity index (χ4n) is 5.67. The lowest BCUT2D eigenvalue weighted by molar-refractivity contribution is -0.149. The van der Waals surface area contributed by atoms with Crippen LogP contribution in [0.2, 0.25) is 0 Å². The fraction of sp³-hybridized carbons (Fsp3) is 0.625. The van der Waals surface area contributed by atoms with E-state index >= 15 is 0 Å². The van der Waals surface area contributed by atoms with Crippen molar-refractivity contribution in [1.82, 2.24) is 25.9 Å². The Hall–Kier alpha value is -3.20. The van der Waals surface area contributed by atoms with Crippen LogP contribution in [0, 0.1) is 29.6 Å². The summed E-state index contributed by atoms with van der Waals surface area (Å²) in [6.07, 6.45) is 11.4. The second kappa shape index (κ2) is 16.9. The van der Waals surface area contributed by atoms with E-state index in [9.17, 15) is 14.4 Å². The molecule has 2 atom stereocenters. The zero-order chi connectivity index (χ0) is 29.6. The van der Waals surface area contributed by atoms with Gasteiger partial charge in [0, 0.05) is 18.9 Å². The van der Waals surface area contributed by atoms with Crippen LogP contribution in [0.4, 0.5) is 0 Å². The molecule has 1 aliphatic rings. The van der Waals surface area contributed by atoms with Gasteiger partial charge in [-0.3, -0.25) is 29.7 Å². The molecule has 9 nitrogen and oxygen atoms in total. The van der Waals surface area contributed by atoms with E-state index < -0.39 is 11.8 Å². The van der Waals surface area contributed by atoms with Gasteiger partial charge in [-0.15, -0.1) is 0 Å². The average Bonchev–Trinajstić information content (AvgIpc) is 3.64. The topological polar surface area (TPSA) is 116 Å². The molecule has 1 aromatic carbocycles. The Bertz CT molecular complexity index is 1050. The van der Waals surface area contributed by atoms with E-state index in [0.717, 1.165) is 18.4 Å². The molecule has 2 aromatic rings. The van der Waals surface area contributed by atoms with Gasteiger partial charge in [0.2, 0.25) is 17.7 Å². The summed E-state index contributed by atoms with van der Waals surface area (Å²) in [7, 11) is 0. The molecule has 0 saturated heterocycles. The molecule has 41 heavy (non-hydrogen) atoms. The summed E-state index contributed by atoms with van der Waals surface area (Å²) in [5.74, 6) is -0.474. The third-order valence-corrected chi connectivity index (χ3v) is 7.71. The molecule has 3 amide bonds. The average molecular weight is 568 g/mol. The van der Waals surface area contributed by atoms with Crippen LogP contribution in [-0.2, 0) is 32.2 Å². The first kappa shape index (κ1) is 32.3. The van der Waals surface area contributed by atoms with Crippen LogP contribution >= 0.6 is 0 Å². The number of aromatic amines is 1. The Morgan fingerprint density at radius 3 is 2.39 bits per heavy atom. The summed E-state index contributed by atoms with van der Waals surface area (Å²) in [5.41, 5.74) is 6.49. The molecule has 0 unspecified atom stereocenters. The van der Waals surface area contributed by atoms with Gasteiger partial charge in [-0.05, 0) is 36.2 Å². The second-order valence-electron chi connectivity index (χ2n) is 12.3. The van der Waals surface area contributed by atoms with E-state index in [1.165, 1.54) is 30.7 Å². The molecule has 1 aliphatic carbocycles. The minimum atomic E-state index is -0.607. The molecule has 226 valence electrons. The third kappa shape index (κ3) is 11.3. The van der Waals surface area contributed by atoms with E-state index in [1.807, 2.05) is 58.0 Å². The van der Waals surface area contributed by atoms with Crippen molar-refractivity contribution in [3.8, 4) is 0 Å². The van der Waals surface area contributed by atoms with Crippen LogP contribution in [0.15, 0.2) is 42.7 Å². The molecular weight excluding hydrogens is 518 g/mol. The van der Waals surface area contributed by atoms with Crippen LogP contribution in [0.25, 0.3) is 0 Å². The predicted octanol–water partition coefficient (Wildman–Crippen LogP) is 5.36. The number of nitrogens with zero attached hydrogens (tertiary/aromatic N) is 2. The maximum Gasteiger partial charge on any atom is 0.248 e. The maximum atomic E-state index is 13.9. The van der Waals surface area contributed by atoms with Crippen molar-refractivity contribution in [2.45, 2.75) is 92.1 Å². The smallest absolute Gasteiger partial charge is 0.248 e. The molecular formula is C32H49N5O4. The van der Waals surface area contributed by atoms with Crippen LogP contribution in [-0.4, -0.2) is 39.2 Å². The number of hydroxylamine groups is 1. The number of aromatic nitrogens is 2. The van der Waals surface area contributed by atoms with Gasteiger partial charge in [-0.1, -0.05) is 96.6 Å². The van der Waals surface area contributed by atoms with Crippen molar-refractivity contribution in [2.24, 2.45) is 29.6 Å².